The average molecular weight is 265 g/mol. The van der Waals surface area contributed by atoms with E-state index in [-0.39, 0.29) is 11.3 Å². The monoisotopic (exact) mass is 265 g/mol. The average Bonchev–Trinajstić information content (AvgIpc) is 2.85. The Kier molecular flexibility index (Phi) is 2.22. The molecule has 3 nitrogen and oxygen atoms in total. The van der Waals surface area contributed by atoms with E-state index in [1.165, 1.54) is 5.56 Å². The van der Waals surface area contributed by atoms with Crippen molar-refractivity contribution in [1.29, 1.82) is 0 Å². The number of carbonyl (C=O) groups excluding carboxylic acids is 1. The molecule has 0 aliphatic carbocycles. The lowest BCUT2D eigenvalue weighted by atomic mass is 9.70. The quantitative estimate of drug-likeness (QED) is 0.733. The third kappa shape index (κ3) is 1.32. The molecule has 0 radical (unpaired) electrons. The summed E-state index contributed by atoms with van der Waals surface area (Å²) in [5, 5.41) is 0. The fraction of sp³-hybridized carbons (Fsp3) is 0.235. The number of fused-ring (bicyclic) bond motifs is 4. The smallest absolute Gasteiger partial charge is 0.228 e. The second-order valence-electron chi connectivity index (χ2n) is 5.51. The molecule has 3 heteroatoms. The van der Waals surface area contributed by atoms with Crippen LogP contribution in [0.25, 0.3) is 0 Å². The van der Waals surface area contributed by atoms with E-state index in [9.17, 15) is 4.79 Å². The number of carbonyl (C=O) groups is 1. The number of para-hydroxylation sites is 2. The molecule has 4 rings (SSSR count). The van der Waals surface area contributed by atoms with Gasteiger partial charge in [-0.3, -0.25) is 4.79 Å². The van der Waals surface area contributed by atoms with Gasteiger partial charge in [-0.2, -0.15) is 0 Å². The van der Waals surface area contributed by atoms with Crippen LogP contribution in [0.5, 0.6) is 5.75 Å². The van der Waals surface area contributed by atoms with Gasteiger partial charge in [0.2, 0.25) is 5.91 Å². The lowest BCUT2D eigenvalue weighted by Gasteiger charge is -2.38. The van der Waals surface area contributed by atoms with E-state index >= 15 is 0 Å². The number of rotatable bonds is 0. The predicted octanol–water partition coefficient (Wildman–Crippen LogP) is 2.73. The summed E-state index contributed by atoms with van der Waals surface area (Å²) in [6.07, 6.45) is 0.470. The van der Waals surface area contributed by atoms with Gasteiger partial charge in [0.15, 0.2) is 0 Å². The summed E-state index contributed by atoms with van der Waals surface area (Å²) in [4.78, 5) is 14.1. The summed E-state index contributed by atoms with van der Waals surface area (Å²) in [5.41, 5.74) is 2.99. The molecule has 100 valence electrons. The third-order valence-corrected chi connectivity index (χ3v) is 4.48. The van der Waals surface area contributed by atoms with Gasteiger partial charge in [-0.15, -0.1) is 0 Å². The van der Waals surface area contributed by atoms with Gasteiger partial charge in [0.1, 0.15) is 12.4 Å². The van der Waals surface area contributed by atoms with Crippen LogP contribution in [0.2, 0.25) is 0 Å². The first kappa shape index (κ1) is 11.5. The molecule has 20 heavy (non-hydrogen) atoms. The van der Waals surface area contributed by atoms with Crippen molar-refractivity contribution >= 4 is 11.6 Å². The summed E-state index contributed by atoms with van der Waals surface area (Å²) in [6, 6.07) is 16.2. The number of benzene rings is 2. The molecule has 0 bridgehead atoms. The van der Waals surface area contributed by atoms with Crippen LogP contribution >= 0.6 is 0 Å². The van der Waals surface area contributed by atoms with Gasteiger partial charge < -0.3 is 9.64 Å². The van der Waals surface area contributed by atoms with Crippen LogP contribution in [-0.2, 0) is 10.2 Å². The number of anilines is 1. The van der Waals surface area contributed by atoms with Crippen molar-refractivity contribution in [1.82, 2.24) is 0 Å². The van der Waals surface area contributed by atoms with E-state index in [2.05, 4.69) is 12.1 Å². The van der Waals surface area contributed by atoms with E-state index < -0.39 is 0 Å². The molecule has 1 unspecified atom stereocenters. The Hall–Kier alpha value is -2.29. The molecule has 1 spiro atoms. The molecule has 0 fully saturated rings. The summed E-state index contributed by atoms with van der Waals surface area (Å²) < 4.78 is 5.86. The minimum absolute atomic E-state index is 0.143. The largest absolute Gasteiger partial charge is 0.492 e. The van der Waals surface area contributed by atoms with Crippen LogP contribution in [-0.4, -0.2) is 19.6 Å². The molecule has 2 aromatic rings. The van der Waals surface area contributed by atoms with Crippen molar-refractivity contribution in [3.63, 3.8) is 0 Å². The van der Waals surface area contributed by atoms with E-state index in [4.69, 9.17) is 4.74 Å². The minimum Gasteiger partial charge on any atom is -0.492 e. The zero-order valence-electron chi connectivity index (χ0n) is 11.3. The molecule has 0 saturated heterocycles. The van der Waals surface area contributed by atoms with Crippen molar-refractivity contribution in [2.75, 3.05) is 18.6 Å². The number of hydrogen-bond donors (Lipinski definition) is 0. The van der Waals surface area contributed by atoms with Gasteiger partial charge >= 0.3 is 0 Å². The molecular weight excluding hydrogens is 250 g/mol. The van der Waals surface area contributed by atoms with Crippen molar-refractivity contribution < 1.29 is 9.53 Å². The Morgan fingerprint density at radius 2 is 1.75 bits per heavy atom. The van der Waals surface area contributed by atoms with Gasteiger partial charge in [-0.25, -0.2) is 0 Å². The normalized spacial score (nSPS) is 23.4. The molecule has 1 amide bonds. The Morgan fingerprint density at radius 3 is 2.60 bits per heavy atom. The predicted molar refractivity (Wildman–Crippen MR) is 77.2 cm³/mol. The molecular formula is C17H15NO2. The number of ether oxygens (including phenoxy) is 1. The van der Waals surface area contributed by atoms with Gasteiger partial charge in [-0.05, 0) is 17.7 Å². The standard InChI is InChI=1S/C17H15NO2/c1-18-14-8-4-2-6-12(14)17(10-16(18)19)11-20-15-9-5-3-7-13(15)17/h2-9H,10-11H2,1H3. The van der Waals surface area contributed by atoms with Crippen LogP contribution in [0.1, 0.15) is 17.5 Å². The molecule has 1 atom stereocenters. The van der Waals surface area contributed by atoms with Gasteiger partial charge in [0.05, 0.1) is 5.41 Å². The molecule has 2 heterocycles. The lowest BCUT2D eigenvalue weighted by molar-refractivity contribution is -0.119. The molecule has 0 saturated carbocycles. The number of hydrogen-bond acceptors (Lipinski definition) is 2. The van der Waals surface area contributed by atoms with Crippen LogP contribution in [0.3, 0.4) is 0 Å². The maximum absolute atomic E-state index is 12.4. The first-order valence-corrected chi connectivity index (χ1v) is 6.81. The fourth-order valence-corrected chi connectivity index (χ4v) is 3.41. The van der Waals surface area contributed by atoms with E-state index in [0.29, 0.717) is 13.0 Å². The maximum atomic E-state index is 12.4. The minimum atomic E-state index is -0.323. The number of nitrogens with zero attached hydrogens (tertiary/aromatic N) is 1. The molecule has 0 N–H and O–H groups in total. The summed E-state index contributed by atoms with van der Waals surface area (Å²) in [6.45, 7) is 0.545. The topological polar surface area (TPSA) is 29.5 Å². The van der Waals surface area contributed by atoms with Gasteiger partial charge in [0.25, 0.3) is 0 Å². The Labute approximate surface area is 117 Å². The second-order valence-corrected chi connectivity index (χ2v) is 5.51. The Balaban J connectivity index is 2.01. The van der Waals surface area contributed by atoms with E-state index in [1.54, 1.807) is 4.90 Å². The first-order chi connectivity index (χ1) is 9.72. The van der Waals surface area contributed by atoms with Crippen LogP contribution in [0.15, 0.2) is 48.5 Å². The molecule has 2 aliphatic rings. The Bertz CT molecular complexity index is 710. The highest BCUT2D eigenvalue weighted by Crippen LogP contribution is 2.50. The second kappa shape index (κ2) is 3.85. The number of amides is 1. The highest BCUT2D eigenvalue weighted by Gasteiger charge is 2.48. The molecule has 2 aliphatic heterocycles. The van der Waals surface area contributed by atoms with Gasteiger partial charge in [-0.1, -0.05) is 36.4 Å². The maximum Gasteiger partial charge on any atom is 0.228 e. The summed E-state index contributed by atoms with van der Waals surface area (Å²) in [5.74, 6) is 1.05. The van der Waals surface area contributed by atoms with Crippen LogP contribution in [0, 0.1) is 0 Å². The molecule has 2 aromatic carbocycles. The van der Waals surface area contributed by atoms with Crippen molar-refractivity contribution in [3.8, 4) is 5.75 Å². The van der Waals surface area contributed by atoms with Crippen molar-refractivity contribution in [2.24, 2.45) is 0 Å². The van der Waals surface area contributed by atoms with Gasteiger partial charge in [0, 0.05) is 24.7 Å². The van der Waals surface area contributed by atoms with E-state index in [0.717, 1.165) is 17.0 Å². The van der Waals surface area contributed by atoms with Crippen LogP contribution in [0.4, 0.5) is 5.69 Å². The van der Waals surface area contributed by atoms with Crippen molar-refractivity contribution in [3.05, 3.63) is 59.7 Å². The summed E-state index contributed by atoms with van der Waals surface area (Å²) >= 11 is 0. The lowest BCUT2D eigenvalue weighted by Crippen LogP contribution is -2.44. The SMILES string of the molecule is CN1C(=O)CC2(COc3ccccc32)c2ccccc21. The first-order valence-electron chi connectivity index (χ1n) is 6.81. The van der Waals surface area contributed by atoms with Crippen molar-refractivity contribution in [2.45, 2.75) is 11.8 Å². The highest BCUT2D eigenvalue weighted by atomic mass is 16.5. The zero-order chi connectivity index (χ0) is 13.7. The highest BCUT2D eigenvalue weighted by molar-refractivity contribution is 5.98. The summed E-state index contributed by atoms with van der Waals surface area (Å²) in [7, 11) is 1.84. The van der Waals surface area contributed by atoms with Crippen LogP contribution < -0.4 is 9.64 Å². The fourth-order valence-electron chi connectivity index (χ4n) is 3.41. The zero-order valence-corrected chi connectivity index (χ0v) is 11.3. The Morgan fingerprint density at radius 1 is 1.05 bits per heavy atom. The third-order valence-electron chi connectivity index (χ3n) is 4.48. The van der Waals surface area contributed by atoms with E-state index in [1.807, 2.05) is 43.4 Å². The molecule has 0 aromatic heterocycles.